The monoisotopic (exact) mass is 410 g/mol. The van der Waals surface area contributed by atoms with Gasteiger partial charge in [0, 0.05) is 57.9 Å². The Bertz CT molecular complexity index is 927. The van der Waals surface area contributed by atoms with Crippen molar-refractivity contribution in [2.45, 2.75) is 51.1 Å². The van der Waals surface area contributed by atoms with Crippen LogP contribution >= 0.6 is 0 Å². The molecule has 8 nitrogen and oxygen atoms in total. The van der Waals surface area contributed by atoms with E-state index in [1.54, 1.807) is 15.6 Å². The van der Waals surface area contributed by atoms with Crippen molar-refractivity contribution in [3.05, 3.63) is 30.1 Å². The highest BCUT2D eigenvalue weighted by atomic mass is 16.2. The summed E-state index contributed by atoms with van der Waals surface area (Å²) in [7, 11) is 0. The van der Waals surface area contributed by atoms with E-state index >= 15 is 0 Å². The molecule has 3 aliphatic rings. The molecule has 8 heteroatoms. The zero-order valence-corrected chi connectivity index (χ0v) is 17.4. The predicted octanol–water partition coefficient (Wildman–Crippen LogP) is 2.23. The van der Waals surface area contributed by atoms with E-state index in [0.717, 1.165) is 50.0 Å². The van der Waals surface area contributed by atoms with Gasteiger partial charge in [-0.1, -0.05) is 19.3 Å². The van der Waals surface area contributed by atoms with Crippen LogP contribution in [0.4, 0.5) is 10.5 Å². The Morgan fingerprint density at radius 1 is 1.03 bits per heavy atom. The summed E-state index contributed by atoms with van der Waals surface area (Å²) in [5.41, 5.74) is 2.88. The number of rotatable bonds is 4. The van der Waals surface area contributed by atoms with Crippen molar-refractivity contribution in [2.75, 3.05) is 37.6 Å². The first-order valence-electron chi connectivity index (χ1n) is 11.2. The molecule has 1 saturated carbocycles. The van der Waals surface area contributed by atoms with Crippen LogP contribution in [-0.2, 0) is 11.3 Å². The standard InChI is InChI=1S/C22H30N6O2/c29-21-7-8-27(22(30)24-21)20-15-23-28-9-6-17(14-19(20)28)16-25-10-12-26(13-11-25)18-4-2-1-3-5-18/h6,9,14-15,18H,1-5,7-8,10-13,16H2,(H,24,29,30). The van der Waals surface area contributed by atoms with E-state index in [-0.39, 0.29) is 11.9 Å². The van der Waals surface area contributed by atoms with Gasteiger partial charge in [0.05, 0.1) is 17.4 Å². The lowest BCUT2D eigenvalue weighted by Gasteiger charge is -2.40. The fraction of sp³-hybridized carbons (Fsp3) is 0.591. The maximum Gasteiger partial charge on any atom is 0.328 e. The number of pyridine rings is 1. The van der Waals surface area contributed by atoms with Gasteiger partial charge in [-0.3, -0.25) is 24.8 Å². The second-order valence-electron chi connectivity index (χ2n) is 8.75. The molecule has 3 fully saturated rings. The van der Waals surface area contributed by atoms with E-state index in [1.807, 2.05) is 6.20 Å². The Balaban J connectivity index is 1.25. The minimum atomic E-state index is -0.370. The Morgan fingerprint density at radius 3 is 2.60 bits per heavy atom. The van der Waals surface area contributed by atoms with E-state index in [2.05, 4.69) is 32.3 Å². The normalized spacial score (nSPS) is 22.6. The van der Waals surface area contributed by atoms with Crippen molar-refractivity contribution in [2.24, 2.45) is 0 Å². The first-order valence-corrected chi connectivity index (χ1v) is 11.2. The van der Waals surface area contributed by atoms with Crippen molar-refractivity contribution >= 4 is 23.1 Å². The van der Waals surface area contributed by atoms with Crippen molar-refractivity contribution in [3.63, 3.8) is 0 Å². The first-order chi connectivity index (χ1) is 14.7. The van der Waals surface area contributed by atoms with Crippen LogP contribution in [0.25, 0.3) is 5.52 Å². The van der Waals surface area contributed by atoms with E-state index < -0.39 is 0 Å². The van der Waals surface area contributed by atoms with Crippen molar-refractivity contribution < 1.29 is 9.59 Å². The van der Waals surface area contributed by atoms with E-state index in [0.29, 0.717) is 13.0 Å². The Morgan fingerprint density at radius 2 is 1.83 bits per heavy atom. The minimum absolute atomic E-state index is 0.221. The van der Waals surface area contributed by atoms with E-state index in [4.69, 9.17) is 0 Å². The summed E-state index contributed by atoms with van der Waals surface area (Å²) in [5.74, 6) is -0.221. The molecule has 0 aromatic carbocycles. The topological polar surface area (TPSA) is 73.2 Å². The number of carbonyl (C=O) groups is 2. The highest BCUT2D eigenvalue weighted by Gasteiger charge is 2.27. The first kappa shape index (κ1) is 19.5. The number of amides is 3. The summed E-state index contributed by atoms with van der Waals surface area (Å²) in [6.45, 7) is 5.82. The van der Waals surface area contributed by atoms with Gasteiger partial charge in [-0.25, -0.2) is 9.31 Å². The number of urea groups is 1. The molecule has 2 aliphatic heterocycles. The zero-order valence-electron chi connectivity index (χ0n) is 17.4. The third-order valence-electron chi connectivity index (χ3n) is 6.81. The molecule has 0 unspecified atom stereocenters. The number of hydrogen-bond acceptors (Lipinski definition) is 5. The fourth-order valence-electron chi connectivity index (χ4n) is 5.10. The maximum atomic E-state index is 12.3. The van der Waals surface area contributed by atoms with Crippen molar-refractivity contribution in [1.82, 2.24) is 24.7 Å². The van der Waals surface area contributed by atoms with Gasteiger partial charge in [-0.05, 0) is 30.5 Å². The number of nitrogens with zero attached hydrogens (tertiary/aromatic N) is 5. The molecule has 0 spiro atoms. The zero-order chi connectivity index (χ0) is 20.5. The molecule has 0 radical (unpaired) electrons. The summed E-state index contributed by atoms with van der Waals surface area (Å²) < 4.78 is 1.80. The second kappa shape index (κ2) is 8.35. The smallest absolute Gasteiger partial charge is 0.298 e. The van der Waals surface area contributed by atoms with Gasteiger partial charge in [-0.2, -0.15) is 5.10 Å². The summed E-state index contributed by atoms with van der Waals surface area (Å²) in [6.07, 6.45) is 10.9. The van der Waals surface area contributed by atoms with E-state index in [9.17, 15) is 9.59 Å². The molecule has 2 aromatic heterocycles. The lowest BCUT2D eigenvalue weighted by molar-refractivity contribution is -0.120. The van der Waals surface area contributed by atoms with Gasteiger partial charge in [0.2, 0.25) is 5.91 Å². The number of fused-ring (bicyclic) bond motifs is 1. The quantitative estimate of drug-likeness (QED) is 0.837. The molecule has 2 saturated heterocycles. The maximum absolute atomic E-state index is 12.3. The fourth-order valence-corrected chi connectivity index (χ4v) is 5.10. The molecule has 2 aromatic rings. The average Bonchev–Trinajstić information content (AvgIpc) is 3.18. The van der Waals surface area contributed by atoms with Crippen molar-refractivity contribution in [1.29, 1.82) is 0 Å². The number of nitrogens with one attached hydrogen (secondary N) is 1. The van der Waals surface area contributed by atoms with Crippen LogP contribution in [0.3, 0.4) is 0 Å². The molecular weight excluding hydrogens is 380 g/mol. The summed E-state index contributed by atoms with van der Waals surface area (Å²) >= 11 is 0. The Labute approximate surface area is 176 Å². The molecular formula is C22H30N6O2. The van der Waals surface area contributed by atoms with Gasteiger partial charge in [0.1, 0.15) is 0 Å². The molecule has 0 atom stereocenters. The average molecular weight is 411 g/mol. The minimum Gasteiger partial charge on any atom is -0.298 e. The number of aromatic nitrogens is 2. The van der Waals surface area contributed by atoms with Gasteiger partial charge in [0.15, 0.2) is 0 Å². The van der Waals surface area contributed by atoms with Crippen LogP contribution in [0.2, 0.25) is 0 Å². The molecule has 1 N–H and O–H groups in total. The molecule has 5 rings (SSSR count). The third-order valence-corrected chi connectivity index (χ3v) is 6.81. The molecule has 3 amide bonds. The summed E-state index contributed by atoms with van der Waals surface area (Å²) in [5, 5.41) is 6.78. The number of hydrogen-bond donors (Lipinski definition) is 1. The number of anilines is 1. The van der Waals surface area contributed by atoms with E-state index in [1.165, 1.54) is 37.7 Å². The number of piperazine rings is 1. The highest BCUT2D eigenvalue weighted by Crippen LogP contribution is 2.26. The lowest BCUT2D eigenvalue weighted by Crippen LogP contribution is -2.50. The van der Waals surface area contributed by atoms with Gasteiger partial charge in [-0.15, -0.1) is 0 Å². The van der Waals surface area contributed by atoms with Gasteiger partial charge >= 0.3 is 6.03 Å². The van der Waals surface area contributed by atoms with Crippen LogP contribution in [0, 0.1) is 0 Å². The van der Waals surface area contributed by atoms with Crippen LogP contribution in [0.5, 0.6) is 0 Å². The van der Waals surface area contributed by atoms with Crippen LogP contribution < -0.4 is 10.2 Å². The second-order valence-corrected chi connectivity index (χ2v) is 8.75. The Hall–Kier alpha value is -2.45. The molecule has 1 aliphatic carbocycles. The van der Waals surface area contributed by atoms with Gasteiger partial charge < -0.3 is 0 Å². The number of imide groups is 1. The highest BCUT2D eigenvalue weighted by molar-refractivity contribution is 6.07. The number of carbonyl (C=O) groups excluding carboxylic acids is 2. The van der Waals surface area contributed by atoms with Crippen LogP contribution in [0.15, 0.2) is 24.5 Å². The molecule has 0 bridgehead atoms. The molecule has 30 heavy (non-hydrogen) atoms. The third kappa shape index (κ3) is 3.94. The Kier molecular flexibility index (Phi) is 5.43. The molecule has 160 valence electrons. The SMILES string of the molecule is O=C1CCN(c2cnn3ccc(CN4CCN(C5CCCCC5)CC4)cc23)C(=O)N1. The van der Waals surface area contributed by atoms with Crippen molar-refractivity contribution in [3.8, 4) is 0 Å². The summed E-state index contributed by atoms with van der Waals surface area (Å²) in [4.78, 5) is 30.5. The molecule has 4 heterocycles. The van der Waals surface area contributed by atoms with Gasteiger partial charge in [0.25, 0.3) is 0 Å². The van der Waals surface area contributed by atoms with Crippen LogP contribution in [-0.4, -0.2) is 70.1 Å². The van der Waals surface area contributed by atoms with Crippen LogP contribution in [0.1, 0.15) is 44.1 Å². The largest absolute Gasteiger partial charge is 0.328 e. The summed E-state index contributed by atoms with van der Waals surface area (Å²) in [6, 6.07) is 4.66. The lowest BCUT2D eigenvalue weighted by atomic mass is 9.94. The predicted molar refractivity (Wildman–Crippen MR) is 114 cm³/mol.